The lowest BCUT2D eigenvalue weighted by Crippen LogP contribution is -2.60. The fourth-order valence-electron chi connectivity index (χ4n) is 4.86. The van der Waals surface area contributed by atoms with Gasteiger partial charge < -0.3 is 18.9 Å². The number of fused-ring (bicyclic) bond motifs is 1. The smallest absolute Gasteiger partial charge is 0.416 e. The molecule has 0 amide bonds. The number of hydrogen-bond donors (Lipinski definition) is 1. The van der Waals surface area contributed by atoms with Crippen molar-refractivity contribution >= 4 is 21.7 Å². The van der Waals surface area contributed by atoms with Crippen LogP contribution in [0.1, 0.15) is 12.0 Å². The highest BCUT2D eigenvalue weighted by atomic mass is 32.2. The van der Waals surface area contributed by atoms with E-state index in [-0.39, 0.29) is 48.4 Å². The van der Waals surface area contributed by atoms with Gasteiger partial charge in [0.25, 0.3) is 0 Å². The second kappa shape index (κ2) is 10.1. The Bertz CT molecular complexity index is 1400. The first kappa shape index (κ1) is 26.3. The third-order valence-electron chi connectivity index (χ3n) is 6.64. The van der Waals surface area contributed by atoms with Gasteiger partial charge in [-0.2, -0.15) is 25.9 Å². The van der Waals surface area contributed by atoms with Crippen LogP contribution in [-0.2, 0) is 21.1 Å². The molecule has 0 saturated carbocycles. The van der Waals surface area contributed by atoms with E-state index < -0.39 is 33.9 Å². The van der Waals surface area contributed by atoms with Crippen LogP contribution in [0.2, 0.25) is 0 Å². The topological polar surface area (TPSA) is 97.1 Å². The molecule has 1 N–H and O–H groups in total. The van der Waals surface area contributed by atoms with Crippen LogP contribution < -0.4 is 14.4 Å². The number of morpholine rings is 1. The van der Waals surface area contributed by atoms with Gasteiger partial charge in [0.05, 0.1) is 37.1 Å². The van der Waals surface area contributed by atoms with Crippen molar-refractivity contribution < 1.29 is 40.0 Å². The van der Waals surface area contributed by atoms with Crippen LogP contribution in [0.5, 0.6) is 5.75 Å². The number of ether oxygens (including phenoxy) is 2. The Balaban J connectivity index is 1.40. The van der Waals surface area contributed by atoms with Gasteiger partial charge in [0.2, 0.25) is 0 Å². The van der Waals surface area contributed by atoms with Crippen LogP contribution in [0, 0.1) is 5.82 Å². The van der Waals surface area contributed by atoms with Crippen LogP contribution >= 0.6 is 0 Å². The summed E-state index contributed by atoms with van der Waals surface area (Å²) in [4.78, 5) is 1.90. The van der Waals surface area contributed by atoms with Crippen molar-refractivity contribution in [3.05, 3.63) is 60.1 Å². The molecule has 2 aliphatic rings. The van der Waals surface area contributed by atoms with Crippen LogP contribution in [0.4, 0.5) is 29.1 Å². The number of benzene rings is 2. The number of nitrogens with zero attached hydrogens (tertiary/aromatic N) is 3. The number of aromatic nitrogens is 1. The van der Waals surface area contributed by atoms with Crippen molar-refractivity contribution in [2.75, 3.05) is 43.0 Å². The van der Waals surface area contributed by atoms with E-state index in [1.54, 1.807) is 0 Å². The summed E-state index contributed by atoms with van der Waals surface area (Å²) in [7, 11) is -2.51. The molecule has 2 fully saturated rings. The Morgan fingerprint density at radius 3 is 2.68 bits per heavy atom. The van der Waals surface area contributed by atoms with Gasteiger partial charge in [0.1, 0.15) is 17.8 Å². The maximum atomic E-state index is 15.4. The van der Waals surface area contributed by atoms with Gasteiger partial charge in [-0.1, -0.05) is 17.3 Å². The van der Waals surface area contributed by atoms with Gasteiger partial charge >= 0.3 is 16.4 Å². The number of anilines is 2. The zero-order valence-electron chi connectivity index (χ0n) is 20.1. The van der Waals surface area contributed by atoms with Gasteiger partial charge in [0, 0.05) is 37.3 Å². The first-order valence-corrected chi connectivity index (χ1v) is 13.1. The lowest BCUT2D eigenvalue weighted by molar-refractivity contribution is -0.137. The summed E-state index contributed by atoms with van der Waals surface area (Å²) in [5.41, 5.74) is -0.425. The van der Waals surface area contributed by atoms with E-state index in [0.29, 0.717) is 18.7 Å². The lowest BCUT2D eigenvalue weighted by atomic mass is 9.97. The van der Waals surface area contributed by atoms with Gasteiger partial charge in [-0.3, -0.25) is 4.72 Å². The maximum Gasteiger partial charge on any atom is 0.416 e. The molecule has 38 heavy (non-hydrogen) atoms. The molecular weight excluding hydrogens is 532 g/mol. The largest absolute Gasteiger partial charge is 0.495 e. The molecular formula is C24H24F4N4O5S. The number of alkyl halides is 3. The number of piperidine rings is 1. The zero-order chi connectivity index (χ0) is 27.1. The maximum absolute atomic E-state index is 15.4. The Hall–Kier alpha value is -3.36. The number of nitrogens with one attached hydrogen (secondary N) is 1. The van der Waals surface area contributed by atoms with Crippen LogP contribution in [0.15, 0.2) is 53.3 Å². The molecule has 0 spiro atoms. The van der Waals surface area contributed by atoms with Gasteiger partial charge in [-0.25, -0.2) is 4.39 Å². The molecule has 0 radical (unpaired) electrons. The minimum atomic E-state index is -4.56. The van der Waals surface area contributed by atoms with Crippen molar-refractivity contribution in [2.45, 2.75) is 24.7 Å². The third-order valence-corrected chi connectivity index (χ3v) is 8.12. The molecule has 2 aromatic carbocycles. The summed E-state index contributed by atoms with van der Waals surface area (Å²) >= 11 is 0. The van der Waals surface area contributed by atoms with E-state index in [4.69, 9.17) is 9.47 Å². The normalized spacial score (nSPS) is 20.7. The summed E-state index contributed by atoms with van der Waals surface area (Å²) < 4.78 is 100. The first-order chi connectivity index (χ1) is 18.1. The summed E-state index contributed by atoms with van der Waals surface area (Å²) in [6.45, 7) is 0.874. The monoisotopic (exact) mass is 556 g/mol. The van der Waals surface area contributed by atoms with Crippen molar-refractivity contribution in [2.24, 2.45) is 0 Å². The fourth-order valence-corrected chi connectivity index (χ4v) is 6.05. The van der Waals surface area contributed by atoms with Crippen LogP contribution in [0.25, 0.3) is 11.1 Å². The summed E-state index contributed by atoms with van der Waals surface area (Å²) in [6.07, 6.45) is -3.45. The Labute approximate surface area is 216 Å². The molecule has 0 aliphatic carbocycles. The molecule has 9 nitrogen and oxygen atoms in total. The van der Waals surface area contributed by atoms with Crippen LogP contribution in [-0.4, -0.2) is 63.4 Å². The molecule has 0 bridgehead atoms. The summed E-state index contributed by atoms with van der Waals surface area (Å²) in [5, 5.41) is 3.57. The number of halogens is 4. The second-order valence-electron chi connectivity index (χ2n) is 8.89. The van der Waals surface area contributed by atoms with E-state index in [1.165, 1.54) is 48.0 Å². The predicted molar refractivity (Wildman–Crippen MR) is 129 cm³/mol. The molecule has 14 heteroatoms. The van der Waals surface area contributed by atoms with E-state index >= 15 is 4.39 Å². The fraction of sp³-hybridized carbons (Fsp3) is 0.375. The van der Waals surface area contributed by atoms with Gasteiger partial charge in [-0.15, -0.1) is 0 Å². The van der Waals surface area contributed by atoms with Crippen molar-refractivity contribution in [3.63, 3.8) is 0 Å². The average Bonchev–Trinajstić information content (AvgIpc) is 3.40. The van der Waals surface area contributed by atoms with Crippen molar-refractivity contribution in [3.8, 4) is 16.9 Å². The molecule has 2 atom stereocenters. The zero-order valence-corrected chi connectivity index (χ0v) is 20.9. The molecule has 204 valence electrons. The summed E-state index contributed by atoms with van der Waals surface area (Å²) in [5.74, 6) is -0.374. The number of hydrogen-bond acceptors (Lipinski definition) is 7. The van der Waals surface area contributed by atoms with E-state index in [2.05, 4.69) is 14.4 Å². The van der Waals surface area contributed by atoms with Crippen LogP contribution in [0.3, 0.4) is 0 Å². The summed E-state index contributed by atoms with van der Waals surface area (Å²) in [6, 6.07) is 8.17. The highest BCUT2D eigenvalue weighted by molar-refractivity contribution is 7.90. The van der Waals surface area contributed by atoms with E-state index in [1.807, 2.05) is 4.90 Å². The molecule has 2 unspecified atom stereocenters. The molecule has 5 rings (SSSR count). The number of methoxy groups -OCH3 is 1. The van der Waals surface area contributed by atoms with E-state index in [0.717, 1.165) is 12.1 Å². The molecule has 3 heterocycles. The third kappa shape index (κ3) is 5.15. The Morgan fingerprint density at radius 2 is 1.97 bits per heavy atom. The minimum Gasteiger partial charge on any atom is -0.495 e. The molecule has 3 aromatic rings. The van der Waals surface area contributed by atoms with Gasteiger partial charge in [-0.05, 0) is 30.2 Å². The van der Waals surface area contributed by atoms with Gasteiger partial charge in [0.15, 0.2) is 5.82 Å². The molecule has 2 saturated heterocycles. The highest BCUT2D eigenvalue weighted by Crippen LogP contribution is 2.40. The lowest BCUT2D eigenvalue weighted by Gasteiger charge is -2.47. The average molecular weight is 557 g/mol. The first-order valence-electron chi connectivity index (χ1n) is 11.7. The predicted octanol–water partition coefficient (Wildman–Crippen LogP) is 4.14. The standard InChI is InChI=1S/C24H24F4N4O5S/c1-35-21-12-17(15-3-2-4-16(11-15)24(26,27)28)18(25)13-20(21)32-8-10-36-22-14-31(7-5-19(22)32)38(33,34)30-23-6-9-37-29-23/h2-4,6,9,11-13,19,22H,5,7-8,10,14H2,1H3,(H,29,30). The highest BCUT2D eigenvalue weighted by Gasteiger charge is 2.41. The molecule has 2 aliphatic heterocycles. The minimum absolute atomic E-state index is 0.0265. The van der Waals surface area contributed by atoms with E-state index in [9.17, 15) is 21.6 Å². The SMILES string of the molecule is COc1cc(-c2cccc(C(F)(F)F)c2)c(F)cc1N1CCOC2CN(S(=O)(=O)Nc3ccon3)CCC21. The Morgan fingerprint density at radius 1 is 1.16 bits per heavy atom. The number of rotatable bonds is 6. The second-order valence-corrected chi connectivity index (χ2v) is 10.6. The van der Waals surface area contributed by atoms with Crippen molar-refractivity contribution in [1.82, 2.24) is 9.46 Å². The van der Waals surface area contributed by atoms with Crippen molar-refractivity contribution in [1.29, 1.82) is 0 Å². The quantitative estimate of drug-likeness (QED) is 0.456. The molecule has 1 aromatic heterocycles. The Kier molecular flexibility index (Phi) is 6.96.